The number of amides is 1. The maximum absolute atomic E-state index is 11.9. The molecule has 0 spiro atoms. The molecule has 1 rings (SSSR count). The van der Waals surface area contributed by atoms with E-state index in [9.17, 15) is 9.59 Å². The van der Waals surface area contributed by atoms with Crippen LogP contribution in [0.5, 0.6) is 0 Å². The second-order valence-corrected chi connectivity index (χ2v) is 4.86. The number of hydrogen-bond donors (Lipinski definition) is 2. The highest BCUT2D eigenvalue weighted by Crippen LogP contribution is 2.10. The number of hydrogen-bond acceptors (Lipinski definition) is 3. The molecule has 4 nitrogen and oxygen atoms in total. The molecule has 0 radical (unpaired) electrons. The molecule has 3 N–H and O–H groups in total. The average molecular weight is 276 g/mol. The van der Waals surface area contributed by atoms with E-state index in [-0.39, 0.29) is 24.5 Å². The lowest BCUT2D eigenvalue weighted by atomic mass is 10.0. The van der Waals surface area contributed by atoms with Gasteiger partial charge < -0.3 is 11.1 Å². The number of rotatable bonds is 9. The normalized spacial score (nSPS) is 10.3. The predicted octanol–water partition coefficient (Wildman–Crippen LogP) is 2.07. The molecule has 0 fully saturated rings. The maximum atomic E-state index is 11.9. The molecule has 1 amide bonds. The van der Waals surface area contributed by atoms with Gasteiger partial charge in [0.15, 0.2) is 5.78 Å². The molecule has 0 unspecified atom stereocenters. The van der Waals surface area contributed by atoms with Crippen molar-refractivity contribution in [2.24, 2.45) is 5.73 Å². The van der Waals surface area contributed by atoms with Crippen LogP contribution < -0.4 is 11.1 Å². The highest BCUT2D eigenvalue weighted by molar-refractivity contribution is 5.97. The van der Waals surface area contributed by atoms with Crippen molar-refractivity contribution in [1.29, 1.82) is 0 Å². The van der Waals surface area contributed by atoms with Crippen molar-refractivity contribution in [3.05, 3.63) is 35.4 Å². The summed E-state index contributed by atoms with van der Waals surface area (Å²) < 4.78 is 0. The number of nitrogens with two attached hydrogens (primary N) is 1. The summed E-state index contributed by atoms with van der Waals surface area (Å²) in [7, 11) is 0. The minimum absolute atomic E-state index is 0.00920. The molecule has 0 aliphatic heterocycles. The van der Waals surface area contributed by atoms with E-state index >= 15 is 0 Å². The molecule has 0 bridgehead atoms. The summed E-state index contributed by atoms with van der Waals surface area (Å²) in [5.74, 6) is -0.113. The molecule has 1 aromatic rings. The van der Waals surface area contributed by atoms with Crippen LogP contribution in [0.1, 0.15) is 48.5 Å². The molecule has 0 aromatic heterocycles. The molecule has 110 valence electrons. The summed E-state index contributed by atoms with van der Waals surface area (Å²) in [5, 5.41) is 2.66. The SMILES string of the molecule is CCCCc1ccc(C(=O)CCC(=O)NCCN)cc1. The third-order valence-corrected chi connectivity index (χ3v) is 3.14. The Kier molecular flexibility index (Phi) is 7.58. The quantitative estimate of drug-likeness (QED) is 0.678. The van der Waals surface area contributed by atoms with Crippen LogP contribution in [-0.2, 0) is 11.2 Å². The first-order chi connectivity index (χ1) is 9.67. The van der Waals surface area contributed by atoms with E-state index in [1.54, 1.807) is 0 Å². The lowest BCUT2D eigenvalue weighted by molar-refractivity contribution is -0.121. The van der Waals surface area contributed by atoms with Crippen LogP contribution in [0.3, 0.4) is 0 Å². The van der Waals surface area contributed by atoms with Crippen molar-refractivity contribution < 1.29 is 9.59 Å². The van der Waals surface area contributed by atoms with Crippen LogP contribution in [-0.4, -0.2) is 24.8 Å². The van der Waals surface area contributed by atoms with Gasteiger partial charge >= 0.3 is 0 Å². The molecule has 0 saturated heterocycles. The first kappa shape index (κ1) is 16.4. The zero-order chi connectivity index (χ0) is 14.8. The van der Waals surface area contributed by atoms with E-state index in [1.165, 1.54) is 12.0 Å². The second-order valence-electron chi connectivity index (χ2n) is 4.86. The van der Waals surface area contributed by atoms with E-state index in [2.05, 4.69) is 12.2 Å². The number of carbonyl (C=O) groups is 2. The first-order valence-corrected chi connectivity index (χ1v) is 7.26. The van der Waals surface area contributed by atoms with Crippen molar-refractivity contribution >= 4 is 11.7 Å². The van der Waals surface area contributed by atoms with Crippen molar-refractivity contribution in [3.8, 4) is 0 Å². The van der Waals surface area contributed by atoms with E-state index in [4.69, 9.17) is 5.73 Å². The number of nitrogens with one attached hydrogen (secondary N) is 1. The fraction of sp³-hybridized carbons (Fsp3) is 0.500. The fourth-order valence-corrected chi connectivity index (χ4v) is 1.91. The lowest BCUT2D eigenvalue weighted by Crippen LogP contribution is -2.29. The second kappa shape index (κ2) is 9.26. The van der Waals surface area contributed by atoms with Crippen LogP contribution in [0.4, 0.5) is 0 Å². The van der Waals surface area contributed by atoms with Gasteiger partial charge in [0.25, 0.3) is 0 Å². The summed E-state index contributed by atoms with van der Waals surface area (Å²) in [6, 6.07) is 7.70. The van der Waals surface area contributed by atoms with Gasteiger partial charge in [0, 0.05) is 31.5 Å². The number of aryl methyl sites for hydroxylation is 1. The molecular formula is C16H24N2O2. The Hall–Kier alpha value is -1.68. The lowest BCUT2D eigenvalue weighted by Gasteiger charge is -2.04. The van der Waals surface area contributed by atoms with E-state index in [0.717, 1.165) is 12.8 Å². The summed E-state index contributed by atoms with van der Waals surface area (Å²) in [5.41, 5.74) is 7.22. The topological polar surface area (TPSA) is 72.2 Å². The number of benzene rings is 1. The van der Waals surface area contributed by atoms with Crippen LogP contribution in [0.25, 0.3) is 0 Å². The molecule has 0 aliphatic rings. The highest BCUT2D eigenvalue weighted by Gasteiger charge is 2.08. The van der Waals surface area contributed by atoms with Gasteiger partial charge in [0.05, 0.1) is 0 Å². The third kappa shape index (κ3) is 5.97. The number of carbonyl (C=O) groups excluding carboxylic acids is 2. The van der Waals surface area contributed by atoms with Crippen LogP contribution in [0, 0.1) is 0 Å². The summed E-state index contributed by atoms with van der Waals surface area (Å²) >= 11 is 0. The monoisotopic (exact) mass is 276 g/mol. The van der Waals surface area contributed by atoms with Crippen molar-refractivity contribution in [2.45, 2.75) is 39.0 Å². The molecule has 20 heavy (non-hydrogen) atoms. The van der Waals surface area contributed by atoms with Gasteiger partial charge in [-0.1, -0.05) is 37.6 Å². The van der Waals surface area contributed by atoms with E-state index in [1.807, 2.05) is 24.3 Å². The fourth-order valence-electron chi connectivity index (χ4n) is 1.91. The Morgan fingerprint density at radius 3 is 2.45 bits per heavy atom. The standard InChI is InChI=1S/C16H24N2O2/c1-2-3-4-13-5-7-14(8-6-13)15(19)9-10-16(20)18-12-11-17/h5-8H,2-4,9-12,17H2,1H3,(H,18,20). The van der Waals surface area contributed by atoms with Gasteiger partial charge in [-0.3, -0.25) is 9.59 Å². The summed E-state index contributed by atoms with van der Waals surface area (Å²) in [4.78, 5) is 23.3. The molecule has 0 aliphatic carbocycles. The Morgan fingerprint density at radius 1 is 1.15 bits per heavy atom. The minimum Gasteiger partial charge on any atom is -0.355 e. The zero-order valence-electron chi connectivity index (χ0n) is 12.2. The predicted molar refractivity (Wildman–Crippen MR) is 80.7 cm³/mol. The van der Waals surface area contributed by atoms with Crippen molar-refractivity contribution in [1.82, 2.24) is 5.32 Å². The molecule has 1 aromatic carbocycles. The van der Waals surface area contributed by atoms with Gasteiger partial charge in [0.2, 0.25) is 5.91 Å². The van der Waals surface area contributed by atoms with Crippen molar-refractivity contribution in [2.75, 3.05) is 13.1 Å². The number of ketones is 1. The van der Waals surface area contributed by atoms with Gasteiger partial charge in [-0.05, 0) is 18.4 Å². The third-order valence-electron chi connectivity index (χ3n) is 3.14. The average Bonchev–Trinajstić information content (AvgIpc) is 2.49. The highest BCUT2D eigenvalue weighted by atomic mass is 16.2. The maximum Gasteiger partial charge on any atom is 0.220 e. The zero-order valence-corrected chi connectivity index (χ0v) is 12.2. The largest absolute Gasteiger partial charge is 0.355 e. The Labute approximate surface area is 120 Å². The van der Waals surface area contributed by atoms with E-state index < -0.39 is 0 Å². The molecule has 4 heteroatoms. The Morgan fingerprint density at radius 2 is 1.85 bits per heavy atom. The summed E-state index contributed by atoms with van der Waals surface area (Å²) in [6.45, 7) is 3.03. The molecule has 0 heterocycles. The smallest absolute Gasteiger partial charge is 0.220 e. The van der Waals surface area contributed by atoms with Gasteiger partial charge in [-0.2, -0.15) is 0 Å². The molecule has 0 atom stereocenters. The van der Waals surface area contributed by atoms with Gasteiger partial charge in [-0.15, -0.1) is 0 Å². The Bertz CT molecular complexity index is 427. The summed E-state index contributed by atoms with van der Waals surface area (Å²) in [6.07, 6.45) is 3.83. The Balaban J connectivity index is 2.41. The van der Waals surface area contributed by atoms with Gasteiger partial charge in [-0.25, -0.2) is 0 Å². The molecule has 0 saturated carbocycles. The van der Waals surface area contributed by atoms with Crippen LogP contribution in [0.15, 0.2) is 24.3 Å². The van der Waals surface area contributed by atoms with Crippen molar-refractivity contribution in [3.63, 3.8) is 0 Å². The number of Topliss-reactive ketones (excluding diaryl/α,β-unsaturated/α-hetero) is 1. The van der Waals surface area contributed by atoms with E-state index in [0.29, 0.717) is 18.7 Å². The van der Waals surface area contributed by atoms with Gasteiger partial charge in [0.1, 0.15) is 0 Å². The minimum atomic E-state index is -0.122. The number of unbranched alkanes of at least 4 members (excludes halogenated alkanes) is 1. The first-order valence-electron chi connectivity index (χ1n) is 7.26. The van der Waals surface area contributed by atoms with Crippen LogP contribution in [0.2, 0.25) is 0 Å². The molecular weight excluding hydrogens is 252 g/mol. The van der Waals surface area contributed by atoms with Crippen LogP contribution >= 0.6 is 0 Å².